The van der Waals surface area contributed by atoms with Crippen LogP contribution in [0.4, 0.5) is 0 Å². The lowest BCUT2D eigenvalue weighted by Gasteiger charge is -2.12. The van der Waals surface area contributed by atoms with Crippen LogP contribution in [0.1, 0.15) is 22.3 Å². The van der Waals surface area contributed by atoms with Gasteiger partial charge in [0.1, 0.15) is 0 Å². The molecule has 1 N–H and O–H groups in total. The minimum atomic E-state index is 0.651. The molecule has 2 rings (SSSR count). The summed E-state index contributed by atoms with van der Waals surface area (Å²) < 4.78 is 10.5. The van der Waals surface area contributed by atoms with Crippen LogP contribution in [0.25, 0.3) is 0 Å². The highest BCUT2D eigenvalue weighted by atomic mass is 16.5. The van der Waals surface area contributed by atoms with Crippen LogP contribution in [-0.2, 0) is 35.8 Å². The smallest absolute Gasteiger partial charge is 0.0716 e. The molecule has 0 unspecified atom stereocenters. The molecule has 0 spiro atoms. The van der Waals surface area contributed by atoms with Gasteiger partial charge in [0.25, 0.3) is 0 Å². The Hall–Kier alpha value is -1.68. The van der Waals surface area contributed by atoms with Crippen LogP contribution in [-0.4, -0.2) is 14.2 Å². The van der Waals surface area contributed by atoms with Crippen molar-refractivity contribution in [1.29, 1.82) is 0 Å². The van der Waals surface area contributed by atoms with Crippen LogP contribution >= 0.6 is 0 Å². The summed E-state index contributed by atoms with van der Waals surface area (Å²) in [7, 11) is 3.45. The largest absolute Gasteiger partial charge is 0.380 e. The second-order valence-corrected chi connectivity index (χ2v) is 5.01. The fourth-order valence-corrected chi connectivity index (χ4v) is 2.38. The van der Waals surface area contributed by atoms with Gasteiger partial charge in [-0.2, -0.15) is 0 Å². The molecular formula is C18H23NO2. The van der Waals surface area contributed by atoms with Crippen LogP contribution in [0.15, 0.2) is 48.5 Å². The average Bonchev–Trinajstić information content (AvgIpc) is 2.51. The van der Waals surface area contributed by atoms with E-state index in [4.69, 9.17) is 9.47 Å². The summed E-state index contributed by atoms with van der Waals surface area (Å²) in [6.45, 7) is 2.97. The number of rotatable bonds is 8. The maximum Gasteiger partial charge on any atom is 0.0716 e. The Morgan fingerprint density at radius 1 is 0.667 bits per heavy atom. The number of methoxy groups -OCH3 is 2. The summed E-state index contributed by atoms with van der Waals surface area (Å²) in [6, 6.07) is 16.7. The third-order valence-electron chi connectivity index (χ3n) is 3.47. The number of ether oxygens (including phenoxy) is 2. The topological polar surface area (TPSA) is 30.5 Å². The van der Waals surface area contributed by atoms with Gasteiger partial charge in [-0.3, -0.25) is 0 Å². The van der Waals surface area contributed by atoms with Gasteiger partial charge >= 0.3 is 0 Å². The molecule has 0 aliphatic heterocycles. The number of benzene rings is 2. The Kier molecular flexibility index (Phi) is 6.41. The molecule has 0 saturated carbocycles. The van der Waals surface area contributed by atoms with E-state index in [2.05, 4.69) is 41.7 Å². The highest BCUT2D eigenvalue weighted by molar-refractivity contribution is 5.28. The van der Waals surface area contributed by atoms with E-state index in [1.807, 2.05) is 12.1 Å². The molecule has 0 aliphatic carbocycles. The Labute approximate surface area is 126 Å². The first-order chi connectivity index (χ1) is 10.3. The normalized spacial score (nSPS) is 10.8. The Bertz CT molecular complexity index is 505. The van der Waals surface area contributed by atoms with Crippen LogP contribution in [0, 0.1) is 0 Å². The van der Waals surface area contributed by atoms with E-state index in [1.165, 1.54) is 22.3 Å². The lowest BCUT2D eigenvalue weighted by atomic mass is 10.1. The molecule has 0 heterocycles. The summed E-state index contributed by atoms with van der Waals surface area (Å²) in [5.41, 5.74) is 5.03. The monoisotopic (exact) mass is 285 g/mol. The minimum Gasteiger partial charge on any atom is -0.380 e. The van der Waals surface area contributed by atoms with Crippen LogP contribution < -0.4 is 5.32 Å². The fourth-order valence-electron chi connectivity index (χ4n) is 2.38. The maximum absolute atomic E-state index is 5.24. The van der Waals surface area contributed by atoms with Crippen molar-refractivity contribution in [3.63, 3.8) is 0 Å². The molecule has 0 atom stereocenters. The Morgan fingerprint density at radius 2 is 1.05 bits per heavy atom. The van der Waals surface area contributed by atoms with Crippen molar-refractivity contribution in [2.75, 3.05) is 14.2 Å². The summed E-state index contributed by atoms with van der Waals surface area (Å²) in [5, 5.41) is 3.50. The van der Waals surface area contributed by atoms with Gasteiger partial charge in [0, 0.05) is 27.3 Å². The standard InChI is InChI=1S/C18H23NO2/c1-20-13-17-9-5-3-7-15(17)11-19-12-16-8-4-6-10-18(16)14-21-2/h3-10,19H,11-14H2,1-2H3. The zero-order chi connectivity index (χ0) is 14.9. The lowest BCUT2D eigenvalue weighted by molar-refractivity contribution is 0.183. The Morgan fingerprint density at radius 3 is 1.43 bits per heavy atom. The van der Waals surface area contributed by atoms with Crippen molar-refractivity contribution in [2.45, 2.75) is 26.3 Å². The van der Waals surface area contributed by atoms with Crippen molar-refractivity contribution >= 4 is 0 Å². The van der Waals surface area contributed by atoms with Gasteiger partial charge in [-0.15, -0.1) is 0 Å². The van der Waals surface area contributed by atoms with E-state index < -0.39 is 0 Å². The molecule has 112 valence electrons. The molecule has 3 heteroatoms. The zero-order valence-electron chi connectivity index (χ0n) is 12.8. The zero-order valence-corrected chi connectivity index (χ0v) is 12.8. The first-order valence-corrected chi connectivity index (χ1v) is 7.17. The minimum absolute atomic E-state index is 0.651. The van der Waals surface area contributed by atoms with E-state index in [0.29, 0.717) is 13.2 Å². The van der Waals surface area contributed by atoms with E-state index in [-0.39, 0.29) is 0 Å². The predicted octanol–water partition coefficient (Wildman–Crippen LogP) is 3.27. The second-order valence-electron chi connectivity index (χ2n) is 5.01. The van der Waals surface area contributed by atoms with Crippen LogP contribution in [0.5, 0.6) is 0 Å². The number of hydrogen-bond acceptors (Lipinski definition) is 3. The molecular weight excluding hydrogens is 262 g/mol. The molecule has 2 aromatic carbocycles. The highest BCUT2D eigenvalue weighted by Crippen LogP contribution is 2.12. The van der Waals surface area contributed by atoms with Crippen molar-refractivity contribution in [3.05, 3.63) is 70.8 Å². The highest BCUT2D eigenvalue weighted by Gasteiger charge is 2.03. The predicted molar refractivity (Wildman–Crippen MR) is 84.9 cm³/mol. The molecule has 0 bridgehead atoms. The molecule has 0 radical (unpaired) electrons. The van der Waals surface area contributed by atoms with E-state index in [9.17, 15) is 0 Å². The third kappa shape index (κ3) is 4.67. The molecule has 3 nitrogen and oxygen atoms in total. The number of hydrogen-bond donors (Lipinski definition) is 1. The van der Waals surface area contributed by atoms with Crippen molar-refractivity contribution in [1.82, 2.24) is 5.32 Å². The van der Waals surface area contributed by atoms with Crippen molar-refractivity contribution in [2.24, 2.45) is 0 Å². The van der Waals surface area contributed by atoms with E-state index in [0.717, 1.165) is 13.1 Å². The molecule has 0 fully saturated rings. The van der Waals surface area contributed by atoms with E-state index >= 15 is 0 Å². The summed E-state index contributed by atoms with van der Waals surface area (Å²) in [5.74, 6) is 0. The van der Waals surface area contributed by atoms with Gasteiger partial charge in [0.2, 0.25) is 0 Å². The molecule has 0 aliphatic rings. The van der Waals surface area contributed by atoms with Gasteiger partial charge in [-0.1, -0.05) is 48.5 Å². The van der Waals surface area contributed by atoms with Crippen LogP contribution in [0.3, 0.4) is 0 Å². The quantitative estimate of drug-likeness (QED) is 0.807. The first kappa shape index (κ1) is 15.7. The van der Waals surface area contributed by atoms with Gasteiger partial charge in [-0.05, 0) is 22.3 Å². The molecule has 0 amide bonds. The molecule has 0 saturated heterocycles. The first-order valence-electron chi connectivity index (χ1n) is 7.17. The maximum atomic E-state index is 5.24. The van der Waals surface area contributed by atoms with E-state index in [1.54, 1.807) is 14.2 Å². The Balaban J connectivity index is 1.95. The van der Waals surface area contributed by atoms with Crippen molar-refractivity contribution < 1.29 is 9.47 Å². The molecule has 2 aromatic rings. The molecule has 21 heavy (non-hydrogen) atoms. The van der Waals surface area contributed by atoms with Crippen LogP contribution in [0.2, 0.25) is 0 Å². The lowest BCUT2D eigenvalue weighted by Crippen LogP contribution is -2.15. The molecule has 0 aromatic heterocycles. The van der Waals surface area contributed by atoms with Gasteiger partial charge < -0.3 is 14.8 Å². The van der Waals surface area contributed by atoms with Gasteiger partial charge in [-0.25, -0.2) is 0 Å². The average molecular weight is 285 g/mol. The second kappa shape index (κ2) is 8.57. The number of nitrogens with one attached hydrogen (secondary N) is 1. The fraction of sp³-hybridized carbons (Fsp3) is 0.333. The van der Waals surface area contributed by atoms with Gasteiger partial charge in [0.05, 0.1) is 13.2 Å². The van der Waals surface area contributed by atoms with Crippen molar-refractivity contribution in [3.8, 4) is 0 Å². The summed E-state index contributed by atoms with van der Waals surface area (Å²) in [4.78, 5) is 0. The summed E-state index contributed by atoms with van der Waals surface area (Å²) >= 11 is 0. The third-order valence-corrected chi connectivity index (χ3v) is 3.47. The summed E-state index contributed by atoms with van der Waals surface area (Å²) in [6.07, 6.45) is 0. The van der Waals surface area contributed by atoms with Gasteiger partial charge in [0.15, 0.2) is 0 Å². The SMILES string of the molecule is COCc1ccccc1CNCc1ccccc1COC.